The minimum atomic E-state index is -0.170. The Morgan fingerprint density at radius 3 is 2.75 bits per heavy atom. The van der Waals surface area contributed by atoms with E-state index in [9.17, 15) is 5.21 Å². The van der Waals surface area contributed by atoms with E-state index in [1.165, 1.54) is 5.71 Å². The summed E-state index contributed by atoms with van der Waals surface area (Å²) in [6.45, 7) is 3.20. The van der Waals surface area contributed by atoms with Crippen molar-refractivity contribution in [3.63, 3.8) is 0 Å². The van der Waals surface area contributed by atoms with Crippen molar-refractivity contribution < 1.29 is 24.6 Å². The maximum absolute atomic E-state index is 9.52. The van der Waals surface area contributed by atoms with Crippen LogP contribution in [0.5, 0.6) is 0 Å². The maximum atomic E-state index is 9.52. The highest BCUT2D eigenvalue weighted by Crippen LogP contribution is 2.18. The van der Waals surface area contributed by atoms with Crippen molar-refractivity contribution in [3.05, 3.63) is 0 Å². The first-order chi connectivity index (χ1) is 7.83. The third-order valence-electron chi connectivity index (χ3n) is 3.33. The number of ether oxygens (including phenoxy) is 1. The van der Waals surface area contributed by atoms with E-state index in [4.69, 9.17) is 9.94 Å². The van der Waals surface area contributed by atoms with Gasteiger partial charge in [-0.1, -0.05) is 0 Å². The first-order valence-corrected chi connectivity index (χ1v) is 5.84. The van der Waals surface area contributed by atoms with Gasteiger partial charge in [0.1, 0.15) is 18.1 Å². The molecule has 2 rings (SSSR count). The van der Waals surface area contributed by atoms with Crippen molar-refractivity contribution >= 4 is 5.71 Å². The van der Waals surface area contributed by atoms with Crippen LogP contribution in [-0.2, 0) is 4.74 Å². The highest BCUT2D eigenvalue weighted by atomic mass is 16.6. The predicted octanol–water partition coefficient (Wildman–Crippen LogP) is 0.656. The van der Waals surface area contributed by atoms with Crippen molar-refractivity contribution in [2.24, 2.45) is 5.28 Å². The summed E-state index contributed by atoms with van der Waals surface area (Å²) in [6.07, 6.45) is 4.01. The summed E-state index contributed by atoms with van der Waals surface area (Å²) in [4.78, 5) is 0.684. The lowest BCUT2D eigenvalue weighted by molar-refractivity contribution is -0.852. The molecule has 0 amide bonds. The minimum Gasteiger partial charge on any atom is -0.368 e. The lowest BCUT2D eigenvalue weighted by Gasteiger charge is -2.19. The molecule has 0 aromatic carbocycles. The van der Waals surface area contributed by atoms with Crippen LogP contribution in [0.15, 0.2) is 5.28 Å². The Hall–Kier alpha value is -1.17. The molecule has 0 spiro atoms. The van der Waals surface area contributed by atoms with Crippen molar-refractivity contribution in [3.8, 4) is 0 Å². The summed E-state index contributed by atoms with van der Waals surface area (Å²) in [5.74, 6) is 0. The van der Waals surface area contributed by atoms with Crippen LogP contribution in [0.25, 0.3) is 0 Å². The van der Waals surface area contributed by atoms with Gasteiger partial charge in [-0.3, -0.25) is 5.21 Å². The summed E-state index contributed by atoms with van der Waals surface area (Å²) in [5, 5.41) is 21.0. The third-order valence-corrected chi connectivity index (χ3v) is 3.33. The van der Waals surface area contributed by atoms with Crippen LogP contribution in [0.2, 0.25) is 0 Å². The largest absolute Gasteiger partial charge is 0.368 e. The quantitative estimate of drug-likeness (QED) is 0.394. The van der Waals surface area contributed by atoms with Gasteiger partial charge in [-0.2, -0.15) is 0 Å². The zero-order valence-electron chi connectivity index (χ0n) is 9.38. The SMILES string of the molecule is ON=[N+](O)[C@H]1CCCCC1=[N+]1CCOCC1. The second-order valence-corrected chi connectivity index (χ2v) is 4.26. The van der Waals surface area contributed by atoms with Gasteiger partial charge in [0.2, 0.25) is 11.0 Å². The molecule has 2 aliphatic rings. The number of nitrogens with zero attached hydrogens (tertiary/aromatic N) is 3. The van der Waals surface area contributed by atoms with E-state index >= 15 is 0 Å². The Bertz CT molecular complexity index is 306. The molecule has 6 nitrogen and oxygen atoms in total. The highest BCUT2D eigenvalue weighted by Gasteiger charge is 2.40. The van der Waals surface area contributed by atoms with Crippen LogP contribution in [0.4, 0.5) is 0 Å². The number of hydrogen-bond donors (Lipinski definition) is 2. The average molecular weight is 229 g/mol. The maximum Gasteiger partial charge on any atom is 0.312 e. The molecule has 1 atom stereocenters. The lowest BCUT2D eigenvalue weighted by atomic mass is 9.93. The minimum absolute atomic E-state index is 0.170. The summed E-state index contributed by atoms with van der Waals surface area (Å²) in [7, 11) is 0. The Balaban J connectivity index is 2.20. The van der Waals surface area contributed by atoms with Crippen LogP contribution in [0.1, 0.15) is 25.7 Å². The van der Waals surface area contributed by atoms with E-state index in [2.05, 4.69) is 9.85 Å². The fourth-order valence-corrected chi connectivity index (χ4v) is 2.51. The highest BCUT2D eigenvalue weighted by molar-refractivity contribution is 5.84. The van der Waals surface area contributed by atoms with E-state index in [-0.39, 0.29) is 6.04 Å². The first-order valence-electron chi connectivity index (χ1n) is 5.84. The van der Waals surface area contributed by atoms with Gasteiger partial charge in [0.15, 0.2) is 13.1 Å². The van der Waals surface area contributed by atoms with Crippen LogP contribution in [-0.4, -0.2) is 57.9 Å². The summed E-state index contributed by atoms with van der Waals surface area (Å²) >= 11 is 0. The standard InChI is InChI=1S/C10H18N3O3/c14-11-13(15)10-4-2-1-3-9(10)12-5-7-16-8-6-12/h10,15H,1-8H2/q+1/p+1/t10-/m0/s1. The molecule has 2 N–H and O–H groups in total. The van der Waals surface area contributed by atoms with Gasteiger partial charge in [0, 0.05) is 12.8 Å². The monoisotopic (exact) mass is 229 g/mol. The van der Waals surface area contributed by atoms with Crippen LogP contribution >= 0.6 is 0 Å². The molecule has 0 unspecified atom stereocenters. The van der Waals surface area contributed by atoms with Gasteiger partial charge in [0.05, 0.1) is 0 Å². The number of morpholine rings is 1. The third kappa shape index (κ3) is 2.32. The zero-order chi connectivity index (χ0) is 11.4. The van der Waals surface area contributed by atoms with E-state index in [1.807, 2.05) is 0 Å². The van der Waals surface area contributed by atoms with E-state index in [1.54, 1.807) is 0 Å². The Labute approximate surface area is 94.4 Å². The number of hydrogen-bond acceptors (Lipinski definition) is 2. The van der Waals surface area contributed by atoms with Gasteiger partial charge < -0.3 is 9.94 Å². The van der Waals surface area contributed by atoms with E-state index in [0.717, 1.165) is 52.0 Å². The van der Waals surface area contributed by atoms with Crippen LogP contribution in [0.3, 0.4) is 0 Å². The molecule has 6 heteroatoms. The van der Waals surface area contributed by atoms with Crippen molar-refractivity contribution in [1.29, 1.82) is 0 Å². The smallest absolute Gasteiger partial charge is 0.312 e. The number of hydroxylamine groups is 1. The molecule has 0 radical (unpaired) electrons. The topological polar surface area (TPSA) is 68.1 Å². The molecule has 90 valence electrons. The summed E-state index contributed by atoms with van der Waals surface area (Å²) in [5.41, 5.74) is 1.18. The van der Waals surface area contributed by atoms with Gasteiger partial charge in [0.25, 0.3) is 0 Å². The zero-order valence-corrected chi connectivity index (χ0v) is 9.38. The Morgan fingerprint density at radius 2 is 2.06 bits per heavy atom. The molecule has 1 aliphatic heterocycles. The van der Waals surface area contributed by atoms with Crippen molar-refractivity contribution in [2.45, 2.75) is 31.7 Å². The molecule has 1 saturated carbocycles. The average Bonchev–Trinajstić information content (AvgIpc) is 2.39. The molecule has 0 bridgehead atoms. The van der Waals surface area contributed by atoms with E-state index in [0.29, 0.717) is 4.86 Å². The molecular weight excluding hydrogens is 210 g/mol. The second-order valence-electron chi connectivity index (χ2n) is 4.26. The Morgan fingerprint density at radius 1 is 1.31 bits per heavy atom. The molecule has 0 aromatic rings. The second kappa shape index (κ2) is 5.25. The fourth-order valence-electron chi connectivity index (χ4n) is 2.51. The van der Waals surface area contributed by atoms with Gasteiger partial charge in [-0.25, -0.2) is 4.58 Å². The molecular formula is C10H19N3O3+2. The molecule has 2 fully saturated rings. The van der Waals surface area contributed by atoms with Gasteiger partial charge in [-0.05, 0) is 12.8 Å². The normalized spacial score (nSPS) is 28.2. The molecule has 1 aliphatic carbocycles. The fraction of sp³-hybridized carbons (Fsp3) is 0.900. The van der Waals surface area contributed by atoms with Crippen LogP contribution in [0, 0.1) is 0 Å². The van der Waals surface area contributed by atoms with Crippen molar-refractivity contribution in [1.82, 2.24) is 0 Å². The van der Waals surface area contributed by atoms with Crippen LogP contribution < -0.4 is 0 Å². The number of rotatable bonds is 1. The predicted molar refractivity (Wildman–Crippen MR) is 54.3 cm³/mol. The van der Waals surface area contributed by atoms with Crippen molar-refractivity contribution in [2.75, 3.05) is 26.3 Å². The van der Waals surface area contributed by atoms with Gasteiger partial charge in [-0.15, -0.1) is 0 Å². The lowest BCUT2D eigenvalue weighted by Crippen LogP contribution is -2.43. The van der Waals surface area contributed by atoms with Gasteiger partial charge >= 0.3 is 6.04 Å². The first kappa shape index (κ1) is 11.3. The summed E-state index contributed by atoms with van der Waals surface area (Å²) in [6, 6.07) is -0.170. The molecule has 16 heavy (non-hydrogen) atoms. The van der Waals surface area contributed by atoms with E-state index < -0.39 is 0 Å². The summed E-state index contributed by atoms with van der Waals surface area (Å²) < 4.78 is 7.56. The Kier molecular flexibility index (Phi) is 3.71. The molecule has 1 heterocycles. The molecule has 1 saturated heterocycles. The molecule has 0 aromatic heterocycles.